The molecule has 2 amide bonds. The van der Waals surface area contributed by atoms with Crippen LogP contribution in [0.2, 0.25) is 0 Å². The number of ether oxygens (including phenoxy) is 1. The maximum absolute atomic E-state index is 14.1. The van der Waals surface area contributed by atoms with E-state index >= 15 is 0 Å². The van der Waals surface area contributed by atoms with Gasteiger partial charge in [0.05, 0.1) is 6.04 Å². The Morgan fingerprint density at radius 3 is 2.33 bits per heavy atom. The number of hydrogen-bond donors (Lipinski definition) is 3. The van der Waals surface area contributed by atoms with E-state index < -0.39 is 36.0 Å². The third-order valence-corrected chi connectivity index (χ3v) is 9.48. The number of anilines is 2. The molecular weight excluding hydrogens is 639 g/mol. The number of nitrogens with one attached hydrogen (secondary N) is 1. The van der Waals surface area contributed by atoms with Crippen molar-refractivity contribution in [1.29, 1.82) is 0 Å². The van der Waals surface area contributed by atoms with E-state index in [1.165, 1.54) is 35.1 Å². The van der Waals surface area contributed by atoms with Crippen LogP contribution in [0.1, 0.15) is 35.9 Å². The molecule has 0 saturated carbocycles. The Labute approximate surface area is 268 Å². The highest BCUT2D eigenvalue weighted by Crippen LogP contribution is 2.45. The van der Waals surface area contributed by atoms with E-state index in [1.54, 1.807) is 0 Å². The minimum Gasteiger partial charge on any atom is -0.448 e. The molecule has 1 saturated heterocycles. The second kappa shape index (κ2) is 13.0. The molecule has 45 heavy (non-hydrogen) atoms. The molecule has 2 aliphatic rings. The first kappa shape index (κ1) is 30.2. The van der Waals surface area contributed by atoms with Crippen LogP contribution in [-0.2, 0) is 24.0 Å². The van der Waals surface area contributed by atoms with Crippen molar-refractivity contribution >= 4 is 68.4 Å². The van der Waals surface area contributed by atoms with Crippen molar-refractivity contribution in [3.63, 3.8) is 0 Å². The molecule has 5 N–H and O–H groups in total. The summed E-state index contributed by atoms with van der Waals surface area (Å²) in [6, 6.07) is 17.2. The number of β-lactam (4-membered cyclic amide) rings is 1. The second-order valence-electron chi connectivity index (χ2n) is 9.73. The lowest BCUT2D eigenvalue weighted by molar-refractivity contribution is -0.158. The predicted molar refractivity (Wildman–Crippen MR) is 168 cm³/mol. The van der Waals surface area contributed by atoms with E-state index in [0.717, 1.165) is 22.7 Å². The summed E-state index contributed by atoms with van der Waals surface area (Å²) in [7, 11) is 1.27. The van der Waals surface area contributed by atoms with E-state index in [2.05, 4.69) is 30.0 Å². The fourth-order valence-corrected chi connectivity index (χ4v) is 7.34. The zero-order chi connectivity index (χ0) is 31.5. The summed E-state index contributed by atoms with van der Waals surface area (Å²) in [6.07, 6.45) is 0.109. The van der Waals surface area contributed by atoms with Gasteiger partial charge in [0.25, 0.3) is 11.8 Å². The number of nitrogen functional groups attached to an aromatic ring is 2. The van der Waals surface area contributed by atoms with Gasteiger partial charge in [-0.25, -0.2) is 4.79 Å². The van der Waals surface area contributed by atoms with Crippen LogP contribution in [0.3, 0.4) is 0 Å². The van der Waals surface area contributed by atoms with Gasteiger partial charge < -0.3 is 26.4 Å². The van der Waals surface area contributed by atoms with Gasteiger partial charge in [-0.3, -0.25) is 14.5 Å². The molecule has 17 heteroatoms. The molecule has 0 spiro atoms. The summed E-state index contributed by atoms with van der Waals surface area (Å²) in [5.74, 6) is -1.94. The Balaban J connectivity index is 1.30. The molecule has 2 aliphatic heterocycles. The standard InChI is InChI=1S/C28H25N9O5S3/c1-41-35-19(22-32-26(29)45-36-22)23(38)31-18-16-12-13-17(43-28-34-33-27(30)44-28)20(37(16)24(18)39)25(40)42-21(14-8-4-2-5-9-14)15-10-6-3-7-11-15/h2-11,16,18,21H,12-13H2,1H3,(H2,30,33)(H,31,38)(H2,29,32,36)/b35-19-/t16-,18+/m1/s1. The fraction of sp³-hybridized carbons (Fsp3) is 0.214. The molecular formula is C28H25N9O5S3. The number of rotatable bonds is 10. The number of nitrogens with two attached hydrogens (primary N) is 2. The number of carbonyl (C=O) groups excluding carboxylic acids is 3. The lowest BCUT2D eigenvalue weighted by Gasteiger charge is -2.50. The Morgan fingerprint density at radius 1 is 1.07 bits per heavy atom. The van der Waals surface area contributed by atoms with Gasteiger partial charge >= 0.3 is 5.97 Å². The lowest BCUT2D eigenvalue weighted by atomic mass is 9.86. The number of aromatic nitrogens is 4. The normalized spacial score (nSPS) is 18.0. The number of thioether (sulfide) groups is 1. The highest BCUT2D eigenvalue weighted by atomic mass is 32.2. The Bertz CT molecular complexity index is 1760. The van der Waals surface area contributed by atoms with Crippen LogP contribution >= 0.6 is 34.6 Å². The molecule has 0 aliphatic carbocycles. The van der Waals surface area contributed by atoms with E-state index in [4.69, 9.17) is 21.0 Å². The van der Waals surface area contributed by atoms with Gasteiger partial charge in [-0.2, -0.15) is 9.36 Å². The molecule has 230 valence electrons. The largest absolute Gasteiger partial charge is 0.448 e. The number of fused-ring (bicyclic) bond motifs is 1. The molecule has 1 fully saturated rings. The van der Waals surface area contributed by atoms with E-state index in [1.807, 2.05) is 60.7 Å². The molecule has 0 bridgehead atoms. The number of esters is 1. The monoisotopic (exact) mass is 663 g/mol. The number of amides is 2. The van der Waals surface area contributed by atoms with Gasteiger partial charge in [-0.05, 0) is 24.0 Å². The third-order valence-electron chi connectivity index (χ3n) is 6.99. The molecule has 4 aromatic rings. The summed E-state index contributed by atoms with van der Waals surface area (Å²) < 4.78 is 10.7. The predicted octanol–water partition coefficient (Wildman–Crippen LogP) is 2.73. The third kappa shape index (κ3) is 6.22. The second-order valence-corrected chi connectivity index (χ2v) is 12.9. The quantitative estimate of drug-likeness (QED) is 0.0971. The van der Waals surface area contributed by atoms with Crippen molar-refractivity contribution in [3.05, 3.63) is 88.2 Å². The average molecular weight is 664 g/mol. The van der Waals surface area contributed by atoms with Crippen molar-refractivity contribution in [1.82, 2.24) is 29.8 Å². The first-order chi connectivity index (χ1) is 21.8. The minimum absolute atomic E-state index is 0.0313. The van der Waals surface area contributed by atoms with Gasteiger partial charge in [0.1, 0.15) is 18.8 Å². The zero-order valence-corrected chi connectivity index (χ0v) is 26.0. The number of oxime groups is 1. The average Bonchev–Trinajstić information content (AvgIpc) is 3.68. The SMILES string of the molecule is CO/N=C(\C(=O)N[C@@H]1C(=O)N2C(C(=O)OC(c3ccccc3)c3ccccc3)=C(Sc3nnc(N)s3)CC[C@H]12)c1nsc(N)n1. The Kier molecular flexibility index (Phi) is 8.72. The van der Waals surface area contributed by atoms with E-state index in [0.29, 0.717) is 22.1 Å². The van der Waals surface area contributed by atoms with Crippen LogP contribution < -0.4 is 16.8 Å². The van der Waals surface area contributed by atoms with Crippen molar-refractivity contribution in [2.24, 2.45) is 5.16 Å². The number of carbonyl (C=O) groups is 3. The van der Waals surface area contributed by atoms with Crippen LogP contribution in [0, 0.1) is 0 Å². The van der Waals surface area contributed by atoms with Crippen LogP contribution in [0.15, 0.2) is 80.8 Å². The molecule has 2 aromatic carbocycles. The van der Waals surface area contributed by atoms with E-state index in [-0.39, 0.29) is 27.5 Å². The van der Waals surface area contributed by atoms with Crippen molar-refractivity contribution < 1.29 is 24.0 Å². The van der Waals surface area contributed by atoms with Gasteiger partial charge in [0.2, 0.25) is 16.7 Å². The molecule has 2 aromatic heterocycles. The zero-order valence-electron chi connectivity index (χ0n) is 23.5. The van der Waals surface area contributed by atoms with Crippen molar-refractivity contribution in [2.75, 3.05) is 18.6 Å². The number of benzene rings is 2. The van der Waals surface area contributed by atoms with Crippen molar-refractivity contribution in [2.45, 2.75) is 35.4 Å². The highest BCUT2D eigenvalue weighted by molar-refractivity contribution is 8.04. The summed E-state index contributed by atoms with van der Waals surface area (Å²) in [4.78, 5) is 51.8. The first-order valence-electron chi connectivity index (χ1n) is 13.5. The lowest BCUT2D eigenvalue weighted by Crippen LogP contribution is -2.72. The topological polar surface area (TPSA) is 201 Å². The summed E-state index contributed by atoms with van der Waals surface area (Å²) in [5.41, 5.74) is 12.8. The van der Waals surface area contributed by atoms with Crippen LogP contribution in [0.5, 0.6) is 0 Å². The maximum Gasteiger partial charge on any atom is 0.356 e. The van der Waals surface area contributed by atoms with Gasteiger partial charge in [-0.1, -0.05) is 88.9 Å². The molecule has 0 radical (unpaired) electrons. The summed E-state index contributed by atoms with van der Waals surface area (Å²) >= 11 is 3.26. The smallest absolute Gasteiger partial charge is 0.356 e. The summed E-state index contributed by atoms with van der Waals surface area (Å²) in [6.45, 7) is 0. The van der Waals surface area contributed by atoms with Gasteiger partial charge in [-0.15, -0.1) is 10.2 Å². The number of nitrogens with zero attached hydrogens (tertiary/aromatic N) is 6. The van der Waals surface area contributed by atoms with Gasteiger partial charge in [0.15, 0.2) is 15.6 Å². The molecule has 6 rings (SSSR count). The number of allylic oxidation sites excluding steroid dienone is 1. The maximum atomic E-state index is 14.1. The first-order valence-corrected chi connectivity index (χ1v) is 15.9. The Morgan fingerprint density at radius 2 is 1.76 bits per heavy atom. The van der Waals surface area contributed by atoms with E-state index in [9.17, 15) is 14.4 Å². The number of hydrogen-bond acceptors (Lipinski definition) is 15. The molecule has 4 heterocycles. The van der Waals surface area contributed by atoms with Gasteiger partial charge in [0, 0.05) is 16.4 Å². The van der Waals surface area contributed by atoms with Crippen LogP contribution in [-0.4, -0.2) is 67.1 Å². The Hall–Kier alpha value is -4.87. The van der Waals surface area contributed by atoms with Crippen molar-refractivity contribution in [3.8, 4) is 0 Å². The molecule has 0 unspecified atom stereocenters. The summed E-state index contributed by atoms with van der Waals surface area (Å²) in [5, 5.41) is 14.8. The minimum atomic E-state index is -0.943. The van der Waals surface area contributed by atoms with Crippen LogP contribution in [0.4, 0.5) is 10.3 Å². The molecule has 14 nitrogen and oxygen atoms in total. The molecule has 2 atom stereocenters. The fourth-order valence-electron chi connectivity index (χ4n) is 5.05. The van der Waals surface area contributed by atoms with Crippen LogP contribution in [0.25, 0.3) is 0 Å². The highest BCUT2D eigenvalue weighted by Gasteiger charge is 2.54.